The lowest BCUT2D eigenvalue weighted by molar-refractivity contribution is -0.172. The normalized spacial score (nSPS) is 12.7. The fourth-order valence-electron chi connectivity index (χ4n) is 2.24. The first-order valence-corrected chi connectivity index (χ1v) is 7.29. The predicted octanol–water partition coefficient (Wildman–Crippen LogP) is 4.50. The van der Waals surface area contributed by atoms with Crippen molar-refractivity contribution in [1.82, 2.24) is 11.2 Å². The molecular weight excluding hydrogens is 292 g/mol. The van der Waals surface area contributed by atoms with Gasteiger partial charge in [0, 0.05) is 6.92 Å². The van der Waals surface area contributed by atoms with Crippen LogP contribution < -0.4 is 10.9 Å². The lowest BCUT2D eigenvalue weighted by Gasteiger charge is -2.22. The Bertz CT molecular complexity index is 614. The van der Waals surface area contributed by atoms with E-state index in [4.69, 9.17) is 4.74 Å². The number of nitrogens with zero attached hydrogens (tertiary/aromatic N) is 1. The molecule has 2 aromatic carbocycles. The van der Waals surface area contributed by atoms with Crippen molar-refractivity contribution >= 4 is 5.91 Å². The Morgan fingerprint density at radius 3 is 2.09 bits per heavy atom. The molecule has 0 spiro atoms. The van der Waals surface area contributed by atoms with E-state index in [2.05, 4.69) is 0 Å². The summed E-state index contributed by atoms with van der Waals surface area (Å²) in [5.74, 6) is 0.366. The number of carbonyl (C=O) groups excluding carboxylic acids is 1. The van der Waals surface area contributed by atoms with Crippen LogP contribution in [0.4, 0.5) is 0 Å². The van der Waals surface area contributed by atoms with Gasteiger partial charge >= 0.3 is 0 Å². The molecule has 2 unspecified atom stereocenters. The molecule has 2 atom stereocenters. The van der Waals surface area contributed by atoms with Crippen LogP contribution in [0, 0.1) is 0 Å². The zero-order valence-corrected chi connectivity index (χ0v) is 14.1. The Morgan fingerprint density at radius 1 is 1.00 bits per heavy atom. The van der Waals surface area contributed by atoms with Crippen molar-refractivity contribution in [2.45, 2.75) is 32.9 Å². The Kier molecular flexibility index (Phi) is 6.75. The maximum absolute atomic E-state index is 11.2. The third-order valence-electron chi connectivity index (χ3n) is 3.63. The van der Waals surface area contributed by atoms with Gasteiger partial charge in [-0.05, 0) is 37.1 Å². The first-order valence-electron chi connectivity index (χ1n) is 7.29. The number of hydrogen-bond acceptors (Lipinski definition) is 3. The molecule has 0 saturated heterocycles. The predicted molar refractivity (Wildman–Crippen MR) is 90.6 cm³/mol. The molecule has 124 valence electrons. The highest BCUT2D eigenvalue weighted by Crippen LogP contribution is 2.25. The van der Waals surface area contributed by atoms with Crippen LogP contribution >= 0.6 is 0 Å². The van der Waals surface area contributed by atoms with E-state index in [0.29, 0.717) is 0 Å². The van der Waals surface area contributed by atoms with E-state index in [0.717, 1.165) is 21.9 Å². The minimum atomic E-state index is -0.391. The molecule has 23 heavy (non-hydrogen) atoms. The molecule has 0 fully saturated rings. The van der Waals surface area contributed by atoms with Crippen LogP contribution in [0.25, 0.3) is 0 Å². The first-order chi connectivity index (χ1) is 10.5. The number of rotatable bonds is 5. The van der Waals surface area contributed by atoms with Gasteiger partial charge in [0.25, 0.3) is 0 Å². The number of hydroxylamine groups is 2. The highest BCUT2D eigenvalue weighted by molar-refractivity contribution is 5.72. The number of benzene rings is 2. The average molecular weight is 317 g/mol. The molecule has 0 saturated carbocycles. The van der Waals surface area contributed by atoms with Crippen LogP contribution in [-0.2, 0) is 4.79 Å². The van der Waals surface area contributed by atoms with Crippen LogP contribution in [0.2, 0.25) is 0 Å². The third-order valence-corrected chi connectivity index (χ3v) is 3.63. The number of quaternary nitrogens is 1. The quantitative estimate of drug-likeness (QED) is 0.628. The molecule has 0 aliphatic carbocycles. The van der Waals surface area contributed by atoms with E-state index in [9.17, 15) is 10.0 Å². The second-order valence-corrected chi connectivity index (χ2v) is 5.28. The van der Waals surface area contributed by atoms with Crippen LogP contribution in [0.1, 0.15) is 44.0 Å². The van der Waals surface area contributed by atoms with Crippen LogP contribution in [0.5, 0.6) is 5.75 Å². The number of ether oxygens (including phenoxy) is 1. The molecule has 5 heteroatoms. The first kappa shape index (κ1) is 18.7. The molecule has 0 aromatic heterocycles. The summed E-state index contributed by atoms with van der Waals surface area (Å²) >= 11 is 0. The molecule has 0 radical (unpaired) electrons. The van der Waals surface area contributed by atoms with Gasteiger partial charge in [-0.25, -0.2) is 5.06 Å². The molecule has 5 N–H and O–H groups in total. The maximum atomic E-state index is 11.2. The Hall–Kier alpha value is -2.37. The second kappa shape index (κ2) is 8.31. The summed E-state index contributed by atoms with van der Waals surface area (Å²) < 4.78 is 5.90. The molecule has 2 aromatic rings. The highest BCUT2D eigenvalue weighted by atomic mass is 16.5. The van der Waals surface area contributed by atoms with Gasteiger partial charge in [0.1, 0.15) is 11.9 Å². The van der Waals surface area contributed by atoms with Crippen molar-refractivity contribution in [2.75, 3.05) is 0 Å². The van der Waals surface area contributed by atoms with Crippen molar-refractivity contribution in [3.8, 4) is 5.75 Å². The number of hydrogen-bond donors (Lipinski definition) is 2. The summed E-state index contributed by atoms with van der Waals surface area (Å²) in [7, 11) is 0. The molecule has 0 heterocycles. The van der Waals surface area contributed by atoms with Gasteiger partial charge in [-0.2, -0.15) is 0 Å². The molecular formula is C18H25N2O3+. The van der Waals surface area contributed by atoms with E-state index in [1.807, 2.05) is 61.5 Å². The summed E-state index contributed by atoms with van der Waals surface area (Å²) in [5, 5.41) is 10.4. The molecule has 0 bridgehead atoms. The van der Waals surface area contributed by atoms with E-state index in [1.54, 1.807) is 6.92 Å². The third kappa shape index (κ3) is 4.81. The van der Waals surface area contributed by atoms with E-state index in [1.165, 1.54) is 6.92 Å². The number of amides is 1. The standard InChI is InChI=1S/C18H21NO3.H3N/c1-13(19(21)15(3)20)16-9-11-18(12-10-16)22-14(2)17-7-5-4-6-8-17;/h4-14,21H,1-3H3;1H3/p+1. The van der Waals surface area contributed by atoms with E-state index in [-0.39, 0.29) is 18.2 Å². The van der Waals surface area contributed by atoms with Crippen molar-refractivity contribution < 1.29 is 14.7 Å². The minimum absolute atomic E-state index is 0. The Balaban J connectivity index is 0.00000264. The highest BCUT2D eigenvalue weighted by Gasteiger charge is 2.16. The van der Waals surface area contributed by atoms with Crippen molar-refractivity contribution in [3.05, 3.63) is 65.7 Å². The van der Waals surface area contributed by atoms with Crippen molar-refractivity contribution in [3.63, 3.8) is 0 Å². The van der Waals surface area contributed by atoms with Gasteiger partial charge in [-0.1, -0.05) is 42.5 Å². The average Bonchev–Trinajstić information content (AvgIpc) is 2.55. The second-order valence-electron chi connectivity index (χ2n) is 5.28. The zero-order valence-electron chi connectivity index (χ0n) is 14.1. The fourth-order valence-corrected chi connectivity index (χ4v) is 2.24. The molecule has 2 rings (SSSR count). The summed E-state index contributed by atoms with van der Waals surface area (Å²) in [6.45, 7) is 5.09. The van der Waals surface area contributed by atoms with Crippen molar-refractivity contribution in [1.29, 1.82) is 0 Å². The minimum Gasteiger partial charge on any atom is -0.486 e. The smallest absolute Gasteiger partial charge is 0.243 e. The maximum Gasteiger partial charge on any atom is 0.243 e. The Labute approximate surface area is 137 Å². The molecule has 5 nitrogen and oxygen atoms in total. The molecule has 1 amide bonds. The van der Waals surface area contributed by atoms with E-state index < -0.39 is 6.04 Å². The summed E-state index contributed by atoms with van der Waals surface area (Å²) in [6, 6.07) is 17.0. The van der Waals surface area contributed by atoms with Gasteiger partial charge in [0.2, 0.25) is 5.91 Å². The van der Waals surface area contributed by atoms with Gasteiger partial charge in [0.05, 0.1) is 6.04 Å². The number of carbonyl (C=O) groups is 1. The largest absolute Gasteiger partial charge is 0.486 e. The van der Waals surface area contributed by atoms with Crippen LogP contribution in [0.15, 0.2) is 54.6 Å². The van der Waals surface area contributed by atoms with Gasteiger partial charge in [-0.15, -0.1) is 0 Å². The van der Waals surface area contributed by atoms with Crippen LogP contribution in [-0.4, -0.2) is 16.2 Å². The SMILES string of the molecule is CC(=O)N(O)C(C)c1ccc(OC(C)c2ccccc2)cc1.[NH4+]. The molecule has 0 aliphatic rings. The molecule has 0 aliphatic heterocycles. The van der Waals surface area contributed by atoms with Gasteiger partial charge < -0.3 is 10.9 Å². The summed E-state index contributed by atoms with van der Waals surface area (Å²) in [4.78, 5) is 11.2. The summed E-state index contributed by atoms with van der Waals surface area (Å²) in [6.07, 6.45) is -0.0453. The lowest BCUT2D eigenvalue weighted by Crippen LogP contribution is -2.27. The van der Waals surface area contributed by atoms with Crippen molar-refractivity contribution in [2.24, 2.45) is 0 Å². The fraction of sp³-hybridized carbons (Fsp3) is 0.278. The van der Waals surface area contributed by atoms with Crippen LogP contribution in [0.3, 0.4) is 0 Å². The topological polar surface area (TPSA) is 86.3 Å². The summed E-state index contributed by atoms with van der Waals surface area (Å²) in [5.41, 5.74) is 1.95. The van der Waals surface area contributed by atoms with Gasteiger partial charge in [0.15, 0.2) is 0 Å². The zero-order chi connectivity index (χ0) is 16.1. The van der Waals surface area contributed by atoms with Gasteiger partial charge in [-0.3, -0.25) is 10.0 Å². The lowest BCUT2D eigenvalue weighted by atomic mass is 10.1. The monoisotopic (exact) mass is 317 g/mol. The van der Waals surface area contributed by atoms with E-state index >= 15 is 0 Å². The Morgan fingerprint density at radius 2 is 1.57 bits per heavy atom.